The third kappa shape index (κ3) is 4.60. The normalized spacial score (nSPS) is 24.4. The summed E-state index contributed by atoms with van der Waals surface area (Å²) in [7, 11) is 0. The second-order valence-electron chi connectivity index (χ2n) is 6.73. The van der Waals surface area contributed by atoms with Crippen molar-refractivity contribution in [1.82, 2.24) is 15.6 Å². The number of nitrogens with one attached hydrogen (secondary N) is 2. The van der Waals surface area contributed by atoms with Crippen LogP contribution in [0.1, 0.15) is 45.1 Å². The summed E-state index contributed by atoms with van der Waals surface area (Å²) in [5.41, 5.74) is 1.22. The average Bonchev–Trinajstić information content (AvgIpc) is 3.29. The number of aliphatic imine (C=N–C) groups is 1. The molecule has 2 N–H and O–H groups in total. The van der Waals surface area contributed by atoms with Crippen molar-refractivity contribution >= 4 is 11.8 Å². The van der Waals surface area contributed by atoms with Crippen LogP contribution in [0, 0.1) is 5.92 Å². The van der Waals surface area contributed by atoms with E-state index in [-0.39, 0.29) is 0 Å². The molecule has 1 saturated heterocycles. The standard InChI is InChI=1S/C18H29N5/c1-3-19-18(22-16-11-14(16)2)21-13-15-7-8-20-17(12-15)23-9-5-4-6-10-23/h7-8,12,14,16H,3-6,9-11,13H2,1-2H3,(H2,19,21,22). The molecule has 1 aromatic rings. The predicted octanol–water partition coefficient (Wildman–Crippen LogP) is 2.54. The lowest BCUT2D eigenvalue weighted by atomic mass is 10.1. The molecule has 5 nitrogen and oxygen atoms in total. The van der Waals surface area contributed by atoms with E-state index in [9.17, 15) is 0 Å². The molecule has 0 aromatic carbocycles. The molecule has 2 atom stereocenters. The van der Waals surface area contributed by atoms with Crippen molar-refractivity contribution in [2.24, 2.45) is 10.9 Å². The van der Waals surface area contributed by atoms with Gasteiger partial charge in [-0.1, -0.05) is 6.92 Å². The van der Waals surface area contributed by atoms with Crippen molar-refractivity contribution < 1.29 is 0 Å². The van der Waals surface area contributed by atoms with E-state index < -0.39 is 0 Å². The SMILES string of the molecule is CCNC(=NCc1ccnc(N2CCCCC2)c1)NC1CC1C. The summed E-state index contributed by atoms with van der Waals surface area (Å²) >= 11 is 0. The maximum atomic E-state index is 4.73. The Morgan fingerprint density at radius 2 is 2.13 bits per heavy atom. The number of hydrogen-bond donors (Lipinski definition) is 2. The number of hydrogen-bond acceptors (Lipinski definition) is 3. The van der Waals surface area contributed by atoms with Gasteiger partial charge >= 0.3 is 0 Å². The molecule has 1 saturated carbocycles. The molecule has 0 spiro atoms. The Labute approximate surface area is 139 Å². The molecule has 5 heteroatoms. The second-order valence-corrected chi connectivity index (χ2v) is 6.73. The van der Waals surface area contributed by atoms with Gasteiger partial charge in [0.05, 0.1) is 6.54 Å². The summed E-state index contributed by atoms with van der Waals surface area (Å²) in [5, 5.41) is 6.84. The Bertz CT molecular complexity index is 536. The van der Waals surface area contributed by atoms with Crippen molar-refractivity contribution in [1.29, 1.82) is 0 Å². The van der Waals surface area contributed by atoms with Crippen LogP contribution in [-0.4, -0.2) is 36.6 Å². The first-order valence-corrected chi connectivity index (χ1v) is 9.01. The zero-order chi connectivity index (χ0) is 16.1. The lowest BCUT2D eigenvalue weighted by Gasteiger charge is -2.27. The number of aromatic nitrogens is 1. The number of guanidine groups is 1. The number of nitrogens with zero attached hydrogens (tertiary/aromatic N) is 3. The van der Waals surface area contributed by atoms with Gasteiger partial charge in [0.25, 0.3) is 0 Å². The molecule has 126 valence electrons. The minimum Gasteiger partial charge on any atom is -0.357 e. The van der Waals surface area contributed by atoms with Crippen LogP contribution in [0.5, 0.6) is 0 Å². The molecular formula is C18H29N5. The van der Waals surface area contributed by atoms with Gasteiger partial charge in [-0.3, -0.25) is 0 Å². The highest BCUT2D eigenvalue weighted by atomic mass is 15.2. The van der Waals surface area contributed by atoms with Crippen molar-refractivity contribution in [2.75, 3.05) is 24.5 Å². The summed E-state index contributed by atoms with van der Waals surface area (Å²) in [6.07, 6.45) is 7.06. The van der Waals surface area contributed by atoms with E-state index in [0.717, 1.165) is 37.3 Å². The van der Waals surface area contributed by atoms with Crippen LogP contribution in [-0.2, 0) is 6.54 Å². The van der Waals surface area contributed by atoms with E-state index >= 15 is 0 Å². The molecule has 2 aliphatic rings. The highest BCUT2D eigenvalue weighted by Crippen LogP contribution is 2.28. The van der Waals surface area contributed by atoms with Gasteiger partial charge in [0.1, 0.15) is 5.82 Å². The number of anilines is 1. The first-order chi connectivity index (χ1) is 11.3. The number of pyridine rings is 1. The zero-order valence-corrected chi connectivity index (χ0v) is 14.4. The first kappa shape index (κ1) is 16.1. The van der Waals surface area contributed by atoms with E-state index in [1.807, 2.05) is 6.20 Å². The average molecular weight is 315 g/mol. The number of piperidine rings is 1. The fraction of sp³-hybridized carbons (Fsp3) is 0.667. The smallest absolute Gasteiger partial charge is 0.191 e. The van der Waals surface area contributed by atoms with Gasteiger partial charge in [-0.15, -0.1) is 0 Å². The van der Waals surface area contributed by atoms with Crippen LogP contribution >= 0.6 is 0 Å². The molecular weight excluding hydrogens is 286 g/mol. The quantitative estimate of drug-likeness (QED) is 0.648. The van der Waals surface area contributed by atoms with Crippen LogP contribution in [0.15, 0.2) is 23.3 Å². The second kappa shape index (κ2) is 7.66. The highest BCUT2D eigenvalue weighted by molar-refractivity contribution is 5.80. The largest absolute Gasteiger partial charge is 0.357 e. The van der Waals surface area contributed by atoms with Crippen molar-refractivity contribution in [2.45, 2.75) is 52.1 Å². The van der Waals surface area contributed by atoms with Gasteiger partial charge in [-0.2, -0.15) is 0 Å². The Morgan fingerprint density at radius 3 is 2.83 bits per heavy atom. The molecule has 2 fully saturated rings. The fourth-order valence-corrected chi connectivity index (χ4v) is 3.04. The van der Waals surface area contributed by atoms with Gasteiger partial charge in [-0.05, 0) is 56.2 Å². The summed E-state index contributed by atoms with van der Waals surface area (Å²) in [6.45, 7) is 8.22. The number of rotatable bonds is 5. The molecule has 23 heavy (non-hydrogen) atoms. The van der Waals surface area contributed by atoms with Gasteiger partial charge in [0.2, 0.25) is 0 Å². The van der Waals surface area contributed by atoms with Gasteiger partial charge < -0.3 is 15.5 Å². The summed E-state index contributed by atoms with van der Waals surface area (Å²) in [6, 6.07) is 4.85. The van der Waals surface area contributed by atoms with Crippen LogP contribution in [0.3, 0.4) is 0 Å². The lowest BCUT2D eigenvalue weighted by molar-refractivity contribution is 0.573. The van der Waals surface area contributed by atoms with E-state index in [2.05, 4.69) is 46.5 Å². The van der Waals surface area contributed by atoms with Crippen molar-refractivity contribution in [3.05, 3.63) is 23.9 Å². The van der Waals surface area contributed by atoms with Gasteiger partial charge in [0.15, 0.2) is 5.96 Å². The molecule has 2 heterocycles. The molecule has 2 unspecified atom stereocenters. The molecule has 1 aliphatic heterocycles. The van der Waals surface area contributed by atoms with Crippen LogP contribution in [0.4, 0.5) is 5.82 Å². The summed E-state index contributed by atoms with van der Waals surface area (Å²) < 4.78 is 0. The van der Waals surface area contributed by atoms with Crippen LogP contribution in [0.25, 0.3) is 0 Å². The minimum atomic E-state index is 0.592. The first-order valence-electron chi connectivity index (χ1n) is 9.01. The zero-order valence-electron chi connectivity index (χ0n) is 14.4. The van der Waals surface area contributed by atoms with E-state index in [1.165, 1.54) is 31.2 Å². The van der Waals surface area contributed by atoms with Crippen molar-refractivity contribution in [3.63, 3.8) is 0 Å². The topological polar surface area (TPSA) is 52.6 Å². The maximum absolute atomic E-state index is 4.73. The Morgan fingerprint density at radius 1 is 1.35 bits per heavy atom. The minimum absolute atomic E-state index is 0.592. The predicted molar refractivity (Wildman–Crippen MR) is 95.8 cm³/mol. The van der Waals surface area contributed by atoms with Crippen LogP contribution < -0.4 is 15.5 Å². The molecule has 3 rings (SSSR count). The van der Waals surface area contributed by atoms with Crippen LogP contribution in [0.2, 0.25) is 0 Å². The molecule has 1 aromatic heterocycles. The lowest BCUT2D eigenvalue weighted by Crippen LogP contribution is -2.39. The monoisotopic (exact) mass is 315 g/mol. The van der Waals surface area contributed by atoms with Gasteiger partial charge in [0, 0.05) is 31.9 Å². The third-order valence-electron chi connectivity index (χ3n) is 4.69. The highest BCUT2D eigenvalue weighted by Gasteiger charge is 2.33. The Balaban J connectivity index is 1.62. The van der Waals surface area contributed by atoms with Crippen molar-refractivity contribution in [3.8, 4) is 0 Å². The molecule has 1 aliphatic carbocycles. The molecule has 0 amide bonds. The van der Waals surface area contributed by atoms with Gasteiger partial charge in [-0.25, -0.2) is 9.98 Å². The Hall–Kier alpha value is -1.78. The Kier molecular flexibility index (Phi) is 5.36. The summed E-state index contributed by atoms with van der Waals surface area (Å²) in [5.74, 6) is 2.80. The van der Waals surface area contributed by atoms with E-state index in [4.69, 9.17) is 4.99 Å². The third-order valence-corrected chi connectivity index (χ3v) is 4.69. The maximum Gasteiger partial charge on any atom is 0.191 e. The molecule has 0 radical (unpaired) electrons. The molecule has 0 bridgehead atoms. The van der Waals surface area contributed by atoms with E-state index in [0.29, 0.717) is 12.6 Å². The van der Waals surface area contributed by atoms with E-state index in [1.54, 1.807) is 0 Å². The summed E-state index contributed by atoms with van der Waals surface area (Å²) in [4.78, 5) is 11.7. The fourth-order valence-electron chi connectivity index (χ4n) is 3.04.